The van der Waals surface area contributed by atoms with Crippen LogP contribution in [0.5, 0.6) is 11.5 Å². The van der Waals surface area contributed by atoms with Gasteiger partial charge in [0, 0.05) is 16.6 Å². The molecular formula is C19H18N4O3. The minimum atomic E-state index is 0.414. The molecular weight excluding hydrogens is 332 g/mol. The number of fused-ring (bicyclic) bond motifs is 1. The predicted molar refractivity (Wildman–Crippen MR) is 99.0 cm³/mol. The molecule has 0 radical (unpaired) electrons. The minimum Gasteiger partial charge on any atom is -0.493 e. The van der Waals surface area contributed by atoms with E-state index in [-0.39, 0.29) is 0 Å². The number of nitrogens with one attached hydrogen (secondary N) is 2. The van der Waals surface area contributed by atoms with E-state index in [2.05, 4.69) is 20.5 Å². The molecule has 0 aliphatic rings. The summed E-state index contributed by atoms with van der Waals surface area (Å²) >= 11 is 0. The molecule has 2 heterocycles. The van der Waals surface area contributed by atoms with Gasteiger partial charge >= 0.3 is 0 Å². The largest absolute Gasteiger partial charge is 0.493 e. The zero-order valence-corrected chi connectivity index (χ0v) is 14.4. The number of rotatable bonds is 6. The fourth-order valence-electron chi connectivity index (χ4n) is 2.71. The predicted octanol–water partition coefficient (Wildman–Crippen LogP) is 4.37. The van der Waals surface area contributed by atoms with Crippen molar-refractivity contribution in [2.45, 2.75) is 6.92 Å². The molecule has 4 rings (SSSR count). The molecule has 0 aliphatic carbocycles. The first-order chi connectivity index (χ1) is 12.8. The van der Waals surface area contributed by atoms with Crippen molar-refractivity contribution in [3.63, 3.8) is 0 Å². The van der Waals surface area contributed by atoms with Gasteiger partial charge in [0.15, 0.2) is 17.3 Å². The van der Waals surface area contributed by atoms with E-state index >= 15 is 0 Å². The van der Waals surface area contributed by atoms with Crippen molar-refractivity contribution in [2.24, 2.45) is 0 Å². The van der Waals surface area contributed by atoms with Crippen molar-refractivity contribution < 1.29 is 13.9 Å². The molecule has 2 N–H and O–H groups in total. The second kappa shape index (κ2) is 6.79. The number of methoxy groups -OCH3 is 1. The number of oxazole rings is 1. The fourth-order valence-corrected chi connectivity index (χ4v) is 2.71. The molecule has 0 bridgehead atoms. The van der Waals surface area contributed by atoms with Crippen molar-refractivity contribution in [3.8, 4) is 22.8 Å². The molecule has 0 saturated heterocycles. The Morgan fingerprint density at radius 1 is 1.12 bits per heavy atom. The maximum absolute atomic E-state index is 5.83. The maximum Gasteiger partial charge on any atom is 0.299 e. The molecule has 4 aromatic rings. The molecule has 7 heteroatoms. The van der Waals surface area contributed by atoms with E-state index in [9.17, 15) is 0 Å². The summed E-state index contributed by atoms with van der Waals surface area (Å²) in [5.74, 6) is 1.99. The van der Waals surface area contributed by atoms with Crippen molar-refractivity contribution in [1.82, 2.24) is 15.2 Å². The number of H-pyrrole nitrogens is 1. The van der Waals surface area contributed by atoms with Gasteiger partial charge in [-0.25, -0.2) is 4.98 Å². The number of nitrogens with zero attached hydrogens (tertiary/aromatic N) is 2. The average molecular weight is 350 g/mol. The van der Waals surface area contributed by atoms with Gasteiger partial charge in [-0.3, -0.25) is 5.10 Å². The molecule has 2 aromatic carbocycles. The SMILES string of the molecule is CCOc1cc(-c2cnc(Nc3ccc4[nH]ncc4c3)o2)ccc1OC. The lowest BCUT2D eigenvalue weighted by Gasteiger charge is -2.10. The van der Waals surface area contributed by atoms with Gasteiger partial charge in [-0.2, -0.15) is 5.10 Å². The van der Waals surface area contributed by atoms with Crippen molar-refractivity contribution >= 4 is 22.6 Å². The Bertz CT molecular complexity index is 1040. The van der Waals surface area contributed by atoms with Gasteiger partial charge in [0.05, 0.1) is 31.6 Å². The number of ether oxygens (including phenoxy) is 2. The number of hydrogen-bond acceptors (Lipinski definition) is 6. The lowest BCUT2D eigenvalue weighted by Crippen LogP contribution is -1.95. The van der Waals surface area contributed by atoms with Crippen LogP contribution in [0.15, 0.2) is 53.2 Å². The first-order valence-corrected chi connectivity index (χ1v) is 8.24. The van der Waals surface area contributed by atoms with Crippen LogP contribution in [0.2, 0.25) is 0 Å². The summed E-state index contributed by atoms with van der Waals surface area (Å²) in [6.45, 7) is 2.49. The van der Waals surface area contributed by atoms with E-state index in [0.717, 1.165) is 22.2 Å². The zero-order chi connectivity index (χ0) is 17.9. The molecule has 0 saturated carbocycles. The van der Waals surface area contributed by atoms with Gasteiger partial charge in [-0.05, 0) is 43.3 Å². The Hall–Kier alpha value is -3.48. The number of aromatic nitrogens is 3. The number of benzene rings is 2. The van der Waals surface area contributed by atoms with Crippen LogP contribution in [-0.2, 0) is 0 Å². The lowest BCUT2D eigenvalue weighted by molar-refractivity contribution is 0.311. The summed E-state index contributed by atoms with van der Waals surface area (Å²) in [6, 6.07) is 11.9. The highest BCUT2D eigenvalue weighted by Gasteiger charge is 2.11. The molecule has 0 amide bonds. The molecule has 26 heavy (non-hydrogen) atoms. The van der Waals surface area contributed by atoms with Gasteiger partial charge in [-0.15, -0.1) is 0 Å². The lowest BCUT2D eigenvalue weighted by atomic mass is 10.1. The maximum atomic E-state index is 5.83. The van der Waals surface area contributed by atoms with Gasteiger partial charge in [-0.1, -0.05) is 0 Å². The summed E-state index contributed by atoms with van der Waals surface area (Å²) in [7, 11) is 1.62. The third-order valence-corrected chi connectivity index (χ3v) is 3.95. The highest BCUT2D eigenvalue weighted by atomic mass is 16.5. The highest BCUT2D eigenvalue weighted by molar-refractivity contribution is 5.82. The molecule has 0 fully saturated rings. The van der Waals surface area contributed by atoms with Crippen LogP contribution in [0.1, 0.15) is 6.92 Å². The van der Waals surface area contributed by atoms with E-state index in [1.165, 1.54) is 0 Å². The van der Waals surface area contributed by atoms with E-state index in [0.29, 0.717) is 29.9 Å². The standard InChI is InChI=1S/C19H18N4O3/c1-3-25-17-9-12(4-7-16(17)24-2)18-11-20-19(26-18)22-14-5-6-15-13(8-14)10-21-23-15/h4-11H,3H2,1-2H3,(H,20,22)(H,21,23). The Kier molecular flexibility index (Phi) is 4.18. The molecule has 0 aliphatic heterocycles. The van der Waals surface area contributed by atoms with Crippen LogP contribution in [0.3, 0.4) is 0 Å². The van der Waals surface area contributed by atoms with Crippen LogP contribution in [0.4, 0.5) is 11.7 Å². The third-order valence-electron chi connectivity index (χ3n) is 3.95. The van der Waals surface area contributed by atoms with E-state index in [1.54, 1.807) is 19.5 Å². The molecule has 0 unspecified atom stereocenters. The second-order valence-corrected chi connectivity index (χ2v) is 5.63. The number of aromatic amines is 1. The smallest absolute Gasteiger partial charge is 0.299 e. The summed E-state index contributed by atoms with van der Waals surface area (Å²) in [6.07, 6.45) is 3.45. The van der Waals surface area contributed by atoms with Gasteiger partial charge < -0.3 is 19.2 Å². The van der Waals surface area contributed by atoms with Gasteiger partial charge in [0.2, 0.25) is 0 Å². The molecule has 132 valence electrons. The Morgan fingerprint density at radius 2 is 2.04 bits per heavy atom. The highest BCUT2D eigenvalue weighted by Crippen LogP contribution is 2.33. The van der Waals surface area contributed by atoms with E-state index in [4.69, 9.17) is 13.9 Å². The van der Waals surface area contributed by atoms with Crippen molar-refractivity contribution in [3.05, 3.63) is 48.8 Å². The summed E-state index contributed by atoms with van der Waals surface area (Å²) in [5.41, 5.74) is 2.71. The summed E-state index contributed by atoms with van der Waals surface area (Å²) in [4.78, 5) is 4.30. The van der Waals surface area contributed by atoms with E-state index < -0.39 is 0 Å². The minimum absolute atomic E-state index is 0.414. The topological polar surface area (TPSA) is 85.2 Å². The summed E-state index contributed by atoms with van der Waals surface area (Å²) in [5, 5.41) is 11.1. The second-order valence-electron chi connectivity index (χ2n) is 5.63. The Labute approximate surface area is 150 Å². The number of hydrogen-bond donors (Lipinski definition) is 2. The first-order valence-electron chi connectivity index (χ1n) is 8.24. The van der Waals surface area contributed by atoms with Crippen LogP contribution in [-0.4, -0.2) is 28.9 Å². The van der Waals surface area contributed by atoms with Crippen LogP contribution in [0, 0.1) is 0 Å². The van der Waals surface area contributed by atoms with Crippen LogP contribution < -0.4 is 14.8 Å². The molecule has 7 nitrogen and oxygen atoms in total. The normalized spacial score (nSPS) is 10.8. The quantitative estimate of drug-likeness (QED) is 0.537. The van der Waals surface area contributed by atoms with Crippen LogP contribution in [0.25, 0.3) is 22.2 Å². The molecule has 0 spiro atoms. The van der Waals surface area contributed by atoms with Crippen molar-refractivity contribution in [2.75, 3.05) is 19.0 Å². The average Bonchev–Trinajstić information content (AvgIpc) is 3.31. The monoisotopic (exact) mass is 350 g/mol. The molecule has 2 aromatic heterocycles. The molecule has 0 atom stereocenters. The van der Waals surface area contributed by atoms with E-state index in [1.807, 2.05) is 43.3 Å². The van der Waals surface area contributed by atoms with Gasteiger partial charge in [0.25, 0.3) is 6.01 Å². The van der Waals surface area contributed by atoms with Crippen molar-refractivity contribution in [1.29, 1.82) is 0 Å². The van der Waals surface area contributed by atoms with Crippen LogP contribution >= 0.6 is 0 Å². The summed E-state index contributed by atoms with van der Waals surface area (Å²) < 4.78 is 16.8. The first kappa shape index (κ1) is 16.0. The Balaban J connectivity index is 1.58. The zero-order valence-electron chi connectivity index (χ0n) is 14.4. The Morgan fingerprint density at radius 3 is 2.88 bits per heavy atom. The third kappa shape index (κ3) is 3.06. The van der Waals surface area contributed by atoms with Gasteiger partial charge in [0.1, 0.15) is 0 Å². The fraction of sp³-hybridized carbons (Fsp3) is 0.158. The number of anilines is 2.